The molecular formula is C16H24N2O. The molecule has 2 aliphatic rings. The molecular weight excluding hydrogens is 236 g/mol. The molecule has 3 heteroatoms. The lowest BCUT2D eigenvalue weighted by atomic mass is 10.1. The molecule has 0 saturated carbocycles. The minimum atomic E-state index is 0.309. The Morgan fingerprint density at radius 2 is 2.26 bits per heavy atom. The van der Waals surface area contributed by atoms with Crippen molar-refractivity contribution < 1.29 is 4.74 Å². The van der Waals surface area contributed by atoms with E-state index in [-0.39, 0.29) is 0 Å². The Labute approximate surface area is 115 Å². The summed E-state index contributed by atoms with van der Waals surface area (Å²) >= 11 is 0. The fourth-order valence-corrected chi connectivity index (χ4v) is 3.21. The average molecular weight is 260 g/mol. The summed E-state index contributed by atoms with van der Waals surface area (Å²) in [6.45, 7) is 5.43. The van der Waals surface area contributed by atoms with Crippen molar-refractivity contribution in [3.05, 3.63) is 29.3 Å². The van der Waals surface area contributed by atoms with E-state index < -0.39 is 0 Å². The van der Waals surface area contributed by atoms with E-state index in [2.05, 4.69) is 42.4 Å². The number of hydrogen-bond acceptors (Lipinski definition) is 3. The average Bonchev–Trinajstić information content (AvgIpc) is 2.95. The highest BCUT2D eigenvalue weighted by atomic mass is 16.5. The van der Waals surface area contributed by atoms with E-state index in [4.69, 9.17) is 4.74 Å². The van der Waals surface area contributed by atoms with Crippen LogP contribution in [0.3, 0.4) is 0 Å². The number of nitrogens with zero attached hydrogens (tertiary/aromatic N) is 1. The minimum Gasteiger partial charge on any atom is -0.488 e. The summed E-state index contributed by atoms with van der Waals surface area (Å²) in [5, 5.41) is 3.58. The molecule has 0 amide bonds. The molecule has 3 nitrogen and oxygen atoms in total. The van der Waals surface area contributed by atoms with E-state index in [9.17, 15) is 0 Å². The van der Waals surface area contributed by atoms with Crippen molar-refractivity contribution in [2.45, 2.75) is 38.3 Å². The van der Waals surface area contributed by atoms with E-state index in [1.807, 2.05) is 0 Å². The molecule has 0 radical (unpaired) electrons. The van der Waals surface area contributed by atoms with Gasteiger partial charge < -0.3 is 15.0 Å². The van der Waals surface area contributed by atoms with Crippen LogP contribution in [-0.4, -0.2) is 43.7 Å². The normalized spacial score (nSPS) is 26.4. The van der Waals surface area contributed by atoms with Crippen LogP contribution >= 0.6 is 0 Å². The van der Waals surface area contributed by atoms with E-state index >= 15 is 0 Å². The van der Waals surface area contributed by atoms with Gasteiger partial charge in [-0.15, -0.1) is 0 Å². The van der Waals surface area contributed by atoms with Gasteiger partial charge in [-0.2, -0.15) is 0 Å². The van der Waals surface area contributed by atoms with Crippen LogP contribution in [-0.2, 0) is 6.42 Å². The number of rotatable bonds is 4. The molecule has 1 fully saturated rings. The molecule has 2 aliphatic heterocycles. The Morgan fingerprint density at radius 3 is 3.05 bits per heavy atom. The number of likely N-dealkylation sites (tertiary alicyclic amines) is 1. The van der Waals surface area contributed by atoms with Crippen LogP contribution in [0.15, 0.2) is 18.2 Å². The highest BCUT2D eigenvalue weighted by Gasteiger charge is 2.24. The lowest BCUT2D eigenvalue weighted by molar-refractivity contribution is 0.219. The Hall–Kier alpha value is -1.06. The summed E-state index contributed by atoms with van der Waals surface area (Å²) in [6.07, 6.45) is 4.02. The first-order chi connectivity index (χ1) is 9.22. The smallest absolute Gasteiger partial charge is 0.123 e. The van der Waals surface area contributed by atoms with Crippen LogP contribution in [0.2, 0.25) is 0 Å². The topological polar surface area (TPSA) is 24.5 Å². The second-order valence-corrected chi connectivity index (χ2v) is 5.99. The zero-order valence-electron chi connectivity index (χ0n) is 12.0. The summed E-state index contributed by atoms with van der Waals surface area (Å²) in [5.74, 6) is 1.08. The number of nitrogens with one attached hydrogen (secondary N) is 1. The summed E-state index contributed by atoms with van der Waals surface area (Å²) in [6, 6.07) is 7.20. The maximum Gasteiger partial charge on any atom is 0.123 e. The second-order valence-electron chi connectivity index (χ2n) is 5.99. The fraction of sp³-hybridized carbons (Fsp3) is 0.625. The van der Waals surface area contributed by atoms with Crippen LogP contribution in [0, 0.1) is 6.92 Å². The van der Waals surface area contributed by atoms with Gasteiger partial charge >= 0.3 is 0 Å². The number of likely N-dealkylation sites (N-methyl/N-ethyl adjacent to an activating group) is 1. The van der Waals surface area contributed by atoms with Gasteiger partial charge in [0.05, 0.1) is 0 Å². The molecule has 2 unspecified atom stereocenters. The van der Waals surface area contributed by atoms with Crippen molar-refractivity contribution in [1.82, 2.24) is 10.2 Å². The Morgan fingerprint density at radius 1 is 1.37 bits per heavy atom. The summed E-state index contributed by atoms with van der Waals surface area (Å²) in [7, 11) is 2.23. The minimum absolute atomic E-state index is 0.309. The van der Waals surface area contributed by atoms with Gasteiger partial charge in [-0.3, -0.25) is 0 Å². The maximum absolute atomic E-state index is 5.98. The van der Waals surface area contributed by atoms with Gasteiger partial charge in [0.15, 0.2) is 0 Å². The molecule has 0 aromatic heterocycles. The first-order valence-corrected chi connectivity index (χ1v) is 7.39. The van der Waals surface area contributed by atoms with Crippen molar-refractivity contribution in [3.63, 3.8) is 0 Å². The van der Waals surface area contributed by atoms with Crippen molar-refractivity contribution >= 4 is 0 Å². The first kappa shape index (κ1) is 12.9. The van der Waals surface area contributed by atoms with Gasteiger partial charge in [-0.25, -0.2) is 0 Å². The molecule has 0 bridgehead atoms. The predicted molar refractivity (Wildman–Crippen MR) is 77.8 cm³/mol. The fourth-order valence-electron chi connectivity index (χ4n) is 3.21. The highest BCUT2D eigenvalue weighted by molar-refractivity contribution is 5.40. The van der Waals surface area contributed by atoms with Crippen molar-refractivity contribution in [3.8, 4) is 5.75 Å². The van der Waals surface area contributed by atoms with Gasteiger partial charge in [0, 0.05) is 25.6 Å². The third-order valence-corrected chi connectivity index (χ3v) is 4.38. The highest BCUT2D eigenvalue weighted by Crippen LogP contribution is 2.29. The Bertz CT molecular complexity index is 446. The standard InChI is InChI=1S/C16H24N2O/c1-12-5-6-16-13(8-12)9-15(19-16)11-17-10-14-4-3-7-18(14)2/h5-6,8,14-15,17H,3-4,7,9-11H2,1-2H3. The van der Waals surface area contributed by atoms with Gasteiger partial charge in [0.2, 0.25) is 0 Å². The summed E-state index contributed by atoms with van der Waals surface area (Å²) < 4.78 is 5.98. The van der Waals surface area contributed by atoms with Gasteiger partial charge in [-0.05, 0) is 45.0 Å². The van der Waals surface area contributed by atoms with Crippen molar-refractivity contribution in [1.29, 1.82) is 0 Å². The number of benzene rings is 1. The monoisotopic (exact) mass is 260 g/mol. The number of hydrogen-bond donors (Lipinski definition) is 1. The predicted octanol–water partition coefficient (Wildman–Crippen LogP) is 1.98. The molecule has 19 heavy (non-hydrogen) atoms. The molecule has 1 aromatic rings. The maximum atomic E-state index is 5.98. The van der Waals surface area contributed by atoms with E-state index in [0.29, 0.717) is 12.1 Å². The molecule has 3 rings (SSSR count). The van der Waals surface area contributed by atoms with Gasteiger partial charge in [-0.1, -0.05) is 17.7 Å². The largest absolute Gasteiger partial charge is 0.488 e. The van der Waals surface area contributed by atoms with E-state index in [1.54, 1.807) is 0 Å². The van der Waals surface area contributed by atoms with Crippen molar-refractivity contribution in [2.24, 2.45) is 0 Å². The first-order valence-electron chi connectivity index (χ1n) is 7.39. The Balaban J connectivity index is 1.46. The van der Waals surface area contributed by atoms with Gasteiger partial charge in [0.1, 0.15) is 11.9 Å². The number of aryl methyl sites for hydroxylation is 1. The molecule has 104 valence electrons. The van der Waals surface area contributed by atoms with E-state index in [1.165, 1.54) is 30.5 Å². The molecule has 2 heterocycles. The van der Waals surface area contributed by atoms with Crippen LogP contribution in [0.5, 0.6) is 5.75 Å². The summed E-state index contributed by atoms with van der Waals surface area (Å²) in [4.78, 5) is 2.46. The summed E-state index contributed by atoms with van der Waals surface area (Å²) in [5.41, 5.74) is 2.69. The zero-order chi connectivity index (χ0) is 13.2. The quantitative estimate of drug-likeness (QED) is 0.896. The number of fused-ring (bicyclic) bond motifs is 1. The van der Waals surface area contributed by atoms with Crippen LogP contribution < -0.4 is 10.1 Å². The lowest BCUT2D eigenvalue weighted by Crippen LogP contribution is -2.39. The molecule has 1 N–H and O–H groups in total. The third kappa shape index (κ3) is 2.93. The third-order valence-electron chi connectivity index (χ3n) is 4.38. The van der Waals surface area contributed by atoms with E-state index in [0.717, 1.165) is 25.3 Å². The molecule has 2 atom stereocenters. The SMILES string of the molecule is Cc1ccc2c(c1)CC(CNCC1CCCN1C)O2. The van der Waals surface area contributed by atoms with Crippen molar-refractivity contribution in [2.75, 3.05) is 26.7 Å². The lowest BCUT2D eigenvalue weighted by Gasteiger charge is -2.20. The van der Waals surface area contributed by atoms with Crippen LogP contribution in [0.4, 0.5) is 0 Å². The number of ether oxygens (including phenoxy) is 1. The Kier molecular flexibility index (Phi) is 3.76. The van der Waals surface area contributed by atoms with Gasteiger partial charge in [0.25, 0.3) is 0 Å². The second kappa shape index (κ2) is 5.51. The van der Waals surface area contributed by atoms with Crippen LogP contribution in [0.25, 0.3) is 0 Å². The molecule has 0 spiro atoms. The zero-order valence-corrected chi connectivity index (χ0v) is 12.0. The molecule has 0 aliphatic carbocycles. The van der Waals surface area contributed by atoms with Crippen LogP contribution in [0.1, 0.15) is 24.0 Å². The molecule has 1 aromatic carbocycles. The molecule has 1 saturated heterocycles.